The molecule has 2 aromatic rings. The van der Waals surface area contributed by atoms with Crippen molar-refractivity contribution < 1.29 is 17.6 Å². The van der Waals surface area contributed by atoms with Gasteiger partial charge < -0.3 is 0 Å². The highest BCUT2D eigenvalue weighted by molar-refractivity contribution is 5.28. The molecular weight excluding hydrogens is 264 g/mol. The second kappa shape index (κ2) is 4.68. The molecular formula is C11H6F4N4. The predicted octanol–water partition coefficient (Wildman–Crippen LogP) is 2.36. The Labute approximate surface area is 104 Å². The van der Waals surface area contributed by atoms with Crippen LogP contribution in [0.15, 0.2) is 24.3 Å². The first-order chi connectivity index (χ1) is 8.91. The van der Waals surface area contributed by atoms with E-state index in [4.69, 9.17) is 5.26 Å². The highest BCUT2D eigenvalue weighted by Crippen LogP contribution is 2.31. The molecule has 0 unspecified atom stereocenters. The molecule has 0 aliphatic heterocycles. The van der Waals surface area contributed by atoms with Gasteiger partial charge in [-0.25, -0.2) is 9.07 Å². The van der Waals surface area contributed by atoms with E-state index >= 15 is 0 Å². The summed E-state index contributed by atoms with van der Waals surface area (Å²) in [6, 6.07) is 6.28. The normalized spacial score (nSPS) is 11.3. The molecule has 0 amide bonds. The van der Waals surface area contributed by atoms with Gasteiger partial charge in [0.1, 0.15) is 11.9 Å². The molecule has 0 atom stereocenters. The van der Waals surface area contributed by atoms with Crippen LogP contribution in [0.5, 0.6) is 0 Å². The molecule has 8 heteroatoms. The Bertz CT molecular complexity index is 622. The van der Waals surface area contributed by atoms with Crippen molar-refractivity contribution in [2.75, 3.05) is 0 Å². The highest BCUT2D eigenvalue weighted by atomic mass is 19.4. The zero-order valence-electron chi connectivity index (χ0n) is 9.32. The molecule has 0 fully saturated rings. The summed E-state index contributed by atoms with van der Waals surface area (Å²) < 4.78 is 51.6. The largest absolute Gasteiger partial charge is 0.436 e. The van der Waals surface area contributed by atoms with E-state index in [1.54, 1.807) is 0 Å². The summed E-state index contributed by atoms with van der Waals surface area (Å²) in [4.78, 5) is 0. The lowest BCUT2D eigenvalue weighted by molar-refractivity contribution is -0.144. The number of nitrogens with zero attached hydrogens (tertiary/aromatic N) is 4. The van der Waals surface area contributed by atoms with Gasteiger partial charge in [0.25, 0.3) is 0 Å². The molecule has 0 saturated heterocycles. The fraction of sp³-hybridized carbons (Fsp3) is 0.182. The number of rotatable bonds is 2. The molecule has 2 rings (SSSR count). The van der Waals surface area contributed by atoms with Crippen LogP contribution in [0.3, 0.4) is 0 Å². The van der Waals surface area contributed by atoms with Crippen LogP contribution in [0.1, 0.15) is 17.0 Å². The molecule has 98 valence electrons. The summed E-state index contributed by atoms with van der Waals surface area (Å²) in [5.41, 5.74) is -1.57. The van der Waals surface area contributed by atoms with E-state index in [-0.39, 0.29) is 6.54 Å². The average Bonchev–Trinajstić information content (AvgIpc) is 2.75. The fourth-order valence-electron chi connectivity index (χ4n) is 1.54. The standard InChI is InChI=1S/C11H6F4N4/c12-8-3-1-7(2-4-8)6-19-10(11(13,14)15)9(5-16)17-18-19/h1-4H,6H2. The highest BCUT2D eigenvalue weighted by Gasteiger charge is 2.39. The van der Waals surface area contributed by atoms with Crippen molar-refractivity contribution in [1.29, 1.82) is 5.26 Å². The molecule has 0 N–H and O–H groups in total. The van der Waals surface area contributed by atoms with Crippen LogP contribution in [0.25, 0.3) is 0 Å². The quantitative estimate of drug-likeness (QED) is 0.787. The Morgan fingerprint density at radius 3 is 2.37 bits per heavy atom. The summed E-state index contributed by atoms with van der Waals surface area (Å²) in [6.45, 7) is -0.246. The maximum Gasteiger partial charge on any atom is 0.436 e. The molecule has 19 heavy (non-hydrogen) atoms. The summed E-state index contributed by atoms with van der Waals surface area (Å²) >= 11 is 0. The molecule has 4 nitrogen and oxygen atoms in total. The van der Waals surface area contributed by atoms with E-state index in [2.05, 4.69) is 10.3 Å². The van der Waals surface area contributed by atoms with E-state index in [9.17, 15) is 17.6 Å². The van der Waals surface area contributed by atoms with Crippen LogP contribution < -0.4 is 0 Å². The molecule has 0 radical (unpaired) electrons. The van der Waals surface area contributed by atoms with Gasteiger partial charge >= 0.3 is 6.18 Å². The van der Waals surface area contributed by atoms with E-state index in [1.807, 2.05) is 0 Å². The number of hydrogen-bond donors (Lipinski definition) is 0. The first-order valence-electron chi connectivity index (χ1n) is 5.07. The van der Waals surface area contributed by atoms with E-state index in [1.165, 1.54) is 18.2 Å². The minimum Gasteiger partial charge on any atom is -0.234 e. The third-order valence-corrected chi connectivity index (χ3v) is 2.36. The monoisotopic (exact) mass is 270 g/mol. The fourth-order valence-corrected chi connectivity index (χ4v) is 1.54. The Morgan fingerprint density at radius 1 is 1.21 bits per heavy atom. The van der Waals surface area contributed by atoms with Crippen molar-refractivity contribution in [3.8, 4) is 6.07 Å². The molecule has 0 aliphatic rings. The van der Waals surface area contributed by atoms with Gasteiger partial charge in [-0.05, 0) is 17.7 Å². The van der Waals surface area contributed by atoms with Crippen molar-refractivity contribution >= 4 is 0 Å². The maximum atomic E-state index is 12.8. The van der Waals surface area contributed by atoms with Crippen molar-refractivity contribution in [3.63, 3.8) is 0 Å². The van der Waals surface area contributed by atoms with Crippen LogP contribution >= 0.6 is 0 Å². The van der Waals surface area contributed by atoms with Crippen molar-refractivity contribution in [2.24, 2.45) is 0 Å². The minimum atomic E-state index is -4.73. The van der Waals surface area contributed by atoms with E-state index in [0.29, 0.717) is 10.2 Å². The van der Waals surface area contributed by atoms with Crippen molar-refractivity contribution in [2.45, 2.75) is 12.7 Å². The summed E-state index contributed by atoms with van der Waals surface area (Å²) in [5.74, 6) is -0.490. The van der Waals surface area contributed by atoms with Gasteiger partial charge in [-0.3, -0.25) is 0 Å². The lowest BCUT2D eigenvalue weighted by Crippen LogP contribution is -2.16. The topological polar surface area (TPSA) is 54.5 Å². The van der Waals surface area contributed by atoms with Crippen LogP contribution in [0.2, 0.25) is 0 Å². The molecule has 1 aromatic heterocycles. The van der Waals surface area contributed by atoms with Gasteiger partial charge in [-0.15, -0.1) is 5.10 Å². The van der Waals surface area contributed by atoms with Crippen molar-refractivity contribution in [1.82, 2.24) is 15.0 Å². The van der Waals surface area contributed by atoms with Crippen LogP contribution in [0.4, 0.5) is 17.6 Å². The zero-order chi connectivity index (χ0) is 14.0. The number of alkyl halides is 3. The number of aromatic nitrogens is 3. The Morgan fingerprint density at radius 2 is 1.84 bits per heavy atom. The van der Waals surface area contributed by atoms with Gasteiger partial charge in [-0.1, -0.05) is 17.3 Å². The summed E-state index contributed by atoms with van der Waals surface area (Å²) in [7, 11) is 0. The van der Waals surface area contributed by atoms with Crippen molar-refractivity contribution in [3.05, 3.63) is 47.0 Å². The SMILES string of the molecule is N#Cc1nnn(Cc2ccc(F)cc2)c1C(F)(F)F. The Balaban J connectivity index is 2.39. The van der Waals surface area contributed by atoms with E-state index in [0.717, 1.165) is 12.1 Å². The number of nitriles is 1. The smallest absolute Gasteiger partial charge is 0.234 e. The number of halogens is 4. The zero-order valence-corrected chi connectivity index (χ0v) is 9.32. The summed E-state index contributed by atoms with van der Waals surface area (Å²) in [5, 5.41) is 15.1. The minimum absolute atomic E-state index is 0.246. The lowest BCUT2D eigenvalue weighted by Gasteiger charge is -2.09. The Kier molecular flexibility index (Phi) is 3.21. The summed E-state index contributed by atoms with van der Waals surface area (Å²) in [6.07, 6.45) is -4.73. The van der Waals surface area contributed by atoms with Crippen LogP contribution in [0, 0.1) is 17.1 Å². The maximum absolute atomic E-state index is 12.8. The molecule has 1 heterocycles. The van der Waals surface area contributed by atoms with Gasteiger partial charge in [0.2, 0.25) is 0 Å². The third kappa shape index (κ3) is 2.70. The molecule has 0 saturated carbocycles. The molecule has 0 bridgehead atoms. The second-order valence-corrected chi connectivity index (χ2v) is 3.68. The van der Waals surface area contributed by atoms with Crippen LogP contribution in [-0.2, 0) is 12.7 Å². The van der Waals surface area contributed by atoms with Gasteiger partial charge in [0.05, 0.1) is 6.54 Å². The molecule has 1 aromatic carbocycles. The molecule has 0 spiro atoms. The van der Waals surface area contributed by atoms with Gasteiger partial charge in [-0.2, -0.15) is 18.4 Å². The average molecular weight is 270 g/mol. The lowest BCUT2D eigenvalue weighted by atomic mass is 10.2. The first kappa shape index (κ1) is 13.0. The predicted molar refractivity (Wildman–Crippen MR) is 55.2 cm³/mol. The Hall–Kier alpha value is -2.43. The second-order valence-electron chi connectivity index (χ2n) is 3.68. The van der Waals surface area contributed by atoms with E-state index < -0.39 is 23.4 Å². The van der Waals surface area contributed by atoms with Crippen LogP contribution in [-0.4, -0.2) is 15.0 Å². The van der Waals surface area contributed by atoms with Gasteiger partial charge in [0.15, 0.2) is 11.4 Å². The third-order valence-electron chi connectivity index (χ3n) is 2.36. The number of hydrogen-bond acceptors (Lipinski definition) is 3. The first-order valence-corrected chi connectivity index (χ1v) is 5.07. The van der Waals surface area contributed by atoms with Gasteiger partial charge in [0, 0.05) is 0 Å². The molecule has 0 aliphatic carbocycles. The number of benzene rings is 1.